The van der Waals surface area contributed by atoms with Crippen molar-refractivity contribution in [3.63, 3.8) is 0 Å². The Labute approximate surface area is 150 Å². The second-order valence-corrected chi connectivity index (χ2v) is 8.32. The summed E-state index contributed by atoms with van der Waals surface area (Å²) in [7, 11) is 0. The van der Waals surface area contributed by atoms with Gasteiger partial charge in [0.15, 0.2) is 0 Å². The van der Waals surface area contributed by atoms with Crippen LogP contribution in [0, 0.1) is 11.8 Å². The maximum Gasteiger partial charge on any atom is 0.0991 e. The van der Waals surface area contributed by atoms with Crippen molar-refractivity contribution in [3.8, 4) is 5.69 Å². The first-order valence-electron chi connectivity index (χ1n) is 9.87. The van der Waals surface area contributed by atoms with Crippen molar-refractivity contribution in [1.29, 1.82) is 0 Å². The number of aromatic nitrogens is 2. The summed E-state index contributed by atoms with van der Waals surface area (Å²) in [5, 5.41) is 0. The lowest BCUT2D eigenvalue weighted by Crippen LogP contribution is -2.44. The van der Waals surface area contributed by atoms with Gasteiger partial charge in [0.2, 0.25) is 0 Å². The lowest BCUT2D eigenvalue weighted by Gasteiger charge is -2.36. The van der Waals surface area contributed by atoms with Gasteiger partial charge in [0, 0.05) is 56.8 Å². The molecule has 1 aliphatic carbocycles. The monoisotopic (exact) mass is 336 g/mol. The van der Waals surface area contributed by atoms with Gasteiger partial charge in [-0.1, -0.05) is 12.1 Å². The van der Waals surface area contributed by atoms with Gasteiger partial charge in [-0.25, -0.2) is 4.98 Å². The highest BCUT2D eigenvalue weighted by Crippen LogP contribution is 2.35. The zero-order valence-corrected chi connectivity index (χ0v) is 14.9. The van der Waals surface area contributed by atoms with E-state index in [2.05, 4.69) is 43.6 Å². The van der Waals surface area contributed by atoms with Gasteiger partial charge in [-0.2, -0.15) is 0 Å². The number of fused-ring (bicyclic) bond motifs is 4. The largest absolute Gasteiger partial charge is 0.306 e. The second kappa shape index (κ2) is 6.58. The minimum Gasteiger partial charge on any atom is -0.306 e. The molecule has 0 N–H and O–H groups in total. The molecule has 4 nitrogen and oxygen atoms in total. The van der Waals surface area contributed by atoms with Crippen LogP contribution in [0.2, 0.25) is 0 Å². The summed E-state index contributed by atoms with van der Waals surface area (Å²) < 4.78 is 2.06. The zero-order chi connectivity index (χ0) is 16.6. The van der Waals surface area contributed by atoms with Gasteiger partial charge in [-0.05, 0) is 55.2 Å². The summed E-state index contributed by atoms with van der Waals surface area (Å²) in [5.74, 6) is 1.89. The fourth-order valence-corrected chi connectivity index (χ4v) is 4.70. The van der Waals surface area contributed by atoms with E-state index in [0.717, 1.165) is 24.4 Å². The van der Waals surface area contributed by atoms with Crippen LogP contribution in [0.5, 0.6) is 0 Å². The molecule has 2 aromatic rings. The SMILES string of the molecule is c1cn(-c2ccc(CN3C[C@@H]4CC[C@H](C3)N(CC3CC3)C4)cc2)cn1. The van der Waals surface area contributed by atoms with E-state index in [9.17, 15) is 0 Å². The Kier molecular flexibility index (Phi) is 4.10. The van der Waals surface area contributed by atoms with Crippen molar-refractivity contribution < 1.29 is 0 Å². The quantitative estimate of drug-likeness (QED) is 0.838. The van der Waals surface area contributed by atoms with Gasteiger partial charge < -0.3 is 4.57 Å². The maximum atomic E-state index is 4.13. The first-order chi connectivity index (χ1) is 12.3. The minimum absolute atomic E-state index is 0.796. The molecule has 1 aromatic carbocycles. The average Bonchev–Trinajstić information content (AvgIpc) is 3.35. The van der Waals surface area contributed by atoms with Crippen molar-refractivity contribution in [2.24, 2.45) is 11.8 Å². The summed E-state index contributed by atoms with van der Waals surface area (Å²) >= 11 is 0. The predicted molar refractivity (Wildman–Crippen MR) is 99.7 cm³/mol. The molecule has 4 fully saturated rings. The van der Waals surface area contributed by atoms with Crippen LogP contribution >= 0.6 is 0 Å². The van der Waals surface area contributed by atoms with Crippen molar-refractivity contribution in [2.75, 3.05) is 26.2 Å². The third-order valence-corrected chi connectivity index (χ3v) is 6.24. The summed E-state index contributed by atoms with van der Waals surface area (Å²) in [6.07, 6.45) is 11.5. The Bertz CT molecular complexity index is 689. The van der Waals surface area contributed by atoms with Crippen molar-refractivity contribution in [3.05, 3.63) is 48.5 Å². The zero-order valence-electron chi connectivity index (χ0n) is 14.9. The third kappa shape index (κ3) is 3.51. The highest BCUT2D eigenvalue weighted by Gasteiger charge is 2.37. The van der Waals surface area contributed by atoms with Gasteiger partial charge >= 0.3 is 0 Å². The molecule has 0 amide bonds. The number of benzene rings is 1. The van der Waals surface area contributed by atoms with E-state index in [4.69, 9.17) is 0 Å². The lowest BCUT2D eigenvalue weighted by atomic mass is 9.95. The van der Waals surface area contributed by atoms with E-state index >= 15 is 0 Å². The fraction of sp³-hybridized carbons (Fsp3) is 0.571. The molecule has 6 rings (SSSR count). The molecular weight excluding hydrogens is 308 g/mol. The number of rotatable bonds is 5. The van der Waals surface area contributed by atoms with Crippen LogP contribution in [0.4, 0.5) is 0 Å². The van der Waals surface area contributed by atoms with Crippen LogP contribution in [-0.2, 0) is 6.54 Å². The van der Waals surface area contributed by atoms with Crippen molar-refractivity contribution in [2.45, 2.75) is 38.3 Å². The summed E-state index contributed by atoms with van der Waals surface area (Å²) in [6.45, 7) is 6.34. The standard InChI is InChI=1S/C21H28N4/c1-2-18(1)13-25-14-19-5-8-21(25)15-23(12-19)11-17-3-6-20(7-4-17)24-10-9-22-16-24/h3-4,6-7,9-10,16,18-19,21H,1-2,5,8,11-15H2/t19-,21+/m0/s1. The van der Waals surface area contributed by atoms with Gasteiger partial charge in [0.25, 0.3) is 0 Å². The molecule has 3 saturated heterocycles. The van der Waals surface area contributed by atoms with E-state index in [1.54, 1.807) is 0 Å². The Morgan fingerprint density at radius 2 is 1.84 bits per heavy atom. The van der Waals surface area contributed by atoms with Crippen LogP contribution in [-0.4, -0.2) is 51.6 Å². The molecule has 1 aromatic heterocycles. The maximum absolute atomic E-state index is 4.13. The highest BCUT2D eigenvalue weighted by molar-refractivity contribution is 5.34. The molecular formula is C21H28N4. The summed E-state index contributed by atoms with van der Waals surface area (Å²) in [5.41, 5.74) is 2.62. The molecule has 132 valence electrons. The highest BCUT2D eigenvalue weighted by atomic mass is 15.3. The van der Waals surface area contributed by atoms with E-state index < -0.39 is 0 Å². The molecule has 2 bridgehead atoms. The minimum atomic E-state index is 0.796. The van der Waals surface area contributed by atoms with Gasteiger partial charge in [-0.3, -0.25) is 9.80 Å². The van der Waals surface area contributed by atoms with E-state index in [1.807, 2.05) is 18.7 Å². The molecule has 4 heterocycles. The number of imidazole rings is 1. The lowest BCUT2D eigenvalue weighted by molar-refractivity contribution is 0.125. The van der Waals surface area contributed by atoms with Crippen LogP contribution < -0.4 is 0 Å². The molecule has 0 unspecified atom stereocenters. The molecule has 0 radical (unpaired) electrons. The third-order valence-electron chi connectivity index (χ3n) is 6.24. The van der Waals surface area contributed by atoms with Crippen LogP contribution in [0.25, 0.3) is 5.69 Å². The van der Waals surface area contributed by atoms with Crippen molar-refractivity contribution >= 4 is 0 Å². The smallest absolute Gasteiger partial charge is 0.0991 e. The number of piperidine rings is 1. The first kappa shape index (κ1) is 15.6. The Hall–Kier alpha value is -1.65. The molecule has 1 saturated carbocycles. The van der Waals surface area contributed by atoms with Crippen molar-refractivity contribution in [1.82, 2.24) is 19.4 Å². The fourth-order valence-electron chi connectivity index (χ4n) is 4.70. The Morgan fingerprint density at radius 1 is 0.960 bits per heavy atom. The van der Waals surface area contributed by atoms with E-state index in [0.29, 0.717) is 0 Å². The first-order valence-corrected chi connectivity index (χ1v) is 9.87. The topological polar surface area (TPSA) is 24.3 Å². The Morgan fingerprint density at radius 3 is 2.60 bits per heavy atom. The van der Waals surface area contributed by atoms with E-state index in [-0.39, 0.29) is 0 Å². The van der Waals surface area contributed by atoms with Crippen LogP contribution in [0.3, 0.4) is 0 Å². The van der Waals surface area contributed by atoms with E-state index in [1.165, 1.54) is 63.1 Å². The molecule has 4 heteroatoms. The summed E-state index contributed by atoms with van der Waals surface area (Å²) in [6, 6.07) is 9.78. The summed E-state index contributed by atoms with van der Waals surface area (Å²) in [4.78, 5) is 9.67. The molecule has 2 atom stereocenters. The number of hydrogen-bond acceptors (Lipinski definition) is 3. The average molecular weight is 336 g/mol. The van der Waals surface area contributed by atoms with Gasteiger partial charge in [0.05, 0.1) is 6.33 Å². The number of nitrogens with zero attached hydrogens (tertiary/aromatic N) is 4. The normalized spacial score (nSPS) is 27.5. The van der Waals surface area contributed by atoms with Gasteiger partial charge in [0.1, 0.15) is 0 Å². The van der Waals surface area contributed by atoms with Crippen LogP contribution in [0.15, 0.2) is 43.0 Å². The predicted octanol–water partition coefficient (Wildman–Crippen LogP) is 3.18. The molecule has 4 aliphatic rings. The Balaban J connectivity index is 1.25. The molecule has 3 aliphatic heterocycles. The second-order valence-electron chi connectivity index (χ2n) is 8.32. The molecule has 25 heavy (non-hydrogen) atoms. The molecule has 0 spiro atoms. The van der Waals surface area contributed by atoms with Crippen LogP contribution in [0.1, 0.15) is 31.2 Å². The van der Waals surface area contributed by atoms with Gasteiger partial charge in [-0.15, -0.1) is 0 Å². The number of hydrogen-bond donors (Lipinski definition) is 0.